The molecule has 4 heteroatoms. The zero-order valence-electron chi connectivity index (χ0n) is 21.0. The number of amidine groups is 2. The Morgan fingerprint density at radius 3 is 2.03 bits per heavy atom. The molecule has 7 rings (SSSR count). The van der Waals surface area contributed by atoms with E-state index in [0.29, 0.717) is 0 Å². The van der Waals surface area contributed by atoms with Crippen LogP contribution in [0.2, 0.25) is 0 Å². The molecule has 0 bridgehead atoms. The van der Waals surface area contributed by atoms with Crippen LogP contribution in [0.25, 0.3) is 31.3 Å². The smallest absolute Gasteiger partial charge is 0.160 e. The monoisotopic (exact) mass is 507 g/mol. The fourth-order valence-corrected chi connectivity index (χ4v) is 6.49. The van der Waals surface area contributed by atoms with Gasteiger partial charge in [0.1, 0.15) is 5.84 Å². The maximum atomic E-state index is 5.36. The molecule has 1 aliphatic heterocycles. The third kappa shape index (κ3) is 3.82. The zero-order chi connectivity index (χ0) is 25.5. The molecule has 1 unspecified atom stereocenters. The maximum absolute atomic E-state index is 5.36. The lowest BCUT2D eigenvalue weighted by molar-refractivity contribution is 0.385. The van der Waals surface area contributed by atoms with E-state index in [1.807, 2.05) is 23.5 Å². The van der Waals surface area contributed by atoms with Gasteiger partial charge in [-0.3, -0.25) is 0 Å². The van der Waals surface area contributed by atoms with Gasteiger partial charge in [0, 0.05) is 43.9 Å². The summed E-state index contributed by atoms with van der Waals surface area (Å²) >= 11 is 1.84. The van der Waals surface area contributed by atoms with Gasteiger partial charge in [0.25, 0.3) is 0 Å². The first-order valence-corrected chi connectivity index (χ1v) is 13.6. The van der Waals surface area contributed by atoms with Crippen molar-refractivity contribution in [3.63, 3.8) is 0 Å². The molecule has 0 radical (unpaired) electrons. The molecule has 182 valence electrons. The Morgan fingerprint density at radius 2 is 1.24 bits per heavy atom. The van der Waals surface area contributed by atoms with E-state index in [4.69, 9.17) is 9.98 Å². The fraction of sp³-hybridized carbons (Fsp3) is 0.0588. The van der Waals surface area contributed by atoms with Crippen LogP contribution < -0.4 is 0 Å². The number of nitrogens with zero attached hydrogens (tertiary/aromatic N) is 3. The average molecular weight is 508 g/mol. The van der Waals surface area contributed by atoms with Gasteiger partial charge in [-0.2, -0.15) is 0 Å². The molecule has 1 atom stereocenters. The van der Waals surface area contributed by atoms with Crippen molar-refractivity contribution < 1.29 is 0 Å². The van der Waals surface area contributed by atoms with Crippen LogP contribution in [0, 0.1) is 0 Å². The van der Waals surface area contributed by atoms with Gasteiger partial charge >= 0.3 is 0 Å². The van der Waals surface area contributed by atoms with Crippen LogP contribution in [0.5, 0.6) is 0 Å². The van der Waals surface area contributed by atoms with Crippen molar-refractivity contribution in [1.82, 2.24) is 4.90 Å². The van der Waals surface area contributed by atoms with Gasteiger partial charge in [-0.25, -0.2) is 9.98 Å². The van der Waals surface area contributed by atoms with Crippen molar-refractivity contribution in [2.75, 3.05) is 7.05 Å². The zero-order valence-corrected chi connectivity index (χ0v) is 21.8. The van der Waals surface area contributed by atoms with E-state index in [9.17, 15) is 0 Å². The van der Waals surface area contributed by atoms with Gasteiger partial charge in [0.15, 0.2) is 12.0 Å². The predicted octanol–water partition coefficient (Wildman–Crippen LogP) is 8.56. The lowest BCUT2D eigenvalue weighted by Crippen LogP contribution is -2.35. The van der Waals surface area contributed by atoms with Crippen molar-refractivity contribution in [2.45, 2.75) is 6.17 Å². The fourth-order valence-electron chi connectivity index (χ4n) is 5.35. The molecule has 0 N–H and O–H groups in total. The molecule has 0 aliphatic carbocycles. The average Bonchev–Trinajstić information content (AvgIpc) is 3.37. The number of hydrogen-bond acceptors (Lipinski definition) is 4. The van der Waals surface area contributed by atoms with E-state index >= 15 is 0 Å². The number of benzene rings is 5. The Hall–Kier alpha value is -4.54. The van der Waals surface area contributed by atoms with Crippen molar-refractivity contribution in [3.8, 4) is 11.1 Å². The molecule has 0 amide bonds. The van der Waals surface area contributed by atoms with E-state index < -0.39 is 0 Å². The van der Waals surface area contributed by atoms with Crippen molar-refractivity contribution in [1.29, 1.82) is 0 Å². The summed E-state index contributed by atoms with van der Waals surface area (Å²) in [7, 11) is 2.10. The van der Waals surface area contributed by atoms with Gasteiger partial charge in [0.2, 0.25) is 0 Å². The Morgan fingerprint density at radius 1 is 0.605 bits per heavy atom. The molecule has 2 heterocycles. The number of hydrogen-bond donors (Lipinski definition) is 0. The van der Waals surface area contributed by atoms with Crippen LogP contribution in [-0.4, -0.2) is 23.6 Å². The first kappa shape index (κ1) is 22.6. The van der Waals surface area contributed by atoms with E-state index in [0.717, 1.165) is 33.9 Å². The first-order valence-electron chi connectivity index (χ1n) is 12.8. The Bertz CT molecular complexity index is 1830. The molecule has 1 aliphatic rings. The van der Waals surface area contributed by atoms with Gasteiger partial charge < -0.3 is 4.90 Å². The van der Waals surface area contributed by atoms with E-state index in [-0.39, 0.29) is 6.17 Å². The summed E-state index contributed by atoms with van der Waals surface area (Å²) in [6.45, 7) is 0. The quantitative estimate of drug-likeness (QED) is 0.235. The summed E-state index contributed by atoms with van der Waals surface area (Å²) < 4.78 is 2.58. The SMILES string of the molecule is CN1C(c2ccccc2)=NC(c2ccccc2-c2ccccc2)=NC1c1cccc2sc3ccccc3c12. The summed E-state index contributed by atoms with van der Waals surface area (Å²) in [4.78, 5) is 12.8. The molecular formula is C34H25N3S. The van der Waals surface area contributed by atoms with Gasteiger partial charge in [-0.15, -0.1) is 11.3 Å². The van der Waals surface area contributed by atoms with Crippen molar-refractivity contribution >= 4 is 43.2 Å². The molecule has 0 spiro atoms. The molecule has 0 fully saturated rings. The van der Waals surface area contributed by atoms with Crippen LogP contribution >= 0.6 is 11.3 Å². The summed E-state index contributed by atoms with van der Waals surface area (Å²) in [5, 5.41) is 2.56. The van der Waals surface area contributed by atoms with Crippen molar-refractivity contribution in [2.24, 2.45) is 9.98 Å². The summed E-state index contributed by atoms with van der Waals surface area (Å²) in [6.07, 6.45) is -0.219. The van der Waals surface area contributed by atoms with Crippen LogP contribution in [0.3, 0.4) is 0 Å². The highest BCUT2D eigenvalue weighted by molar-refractivity contribution is 7.25. The first-order chi connectivity index (χ1) is 18.8. The Labute approximate surface area is 226 Å². The van der Waals surface area contributed by atoms with E-state index in [2.05, 4.69) is 127 Å². The second kappa shape index (κ2) is 9.40. The molecule has 1 aromatic heterocycles. The van der Waals surface area contributed by atoms with E-state index in [1.165, 1.54) is 25.7 Å². The van der Waals surface area contributed by atoms with Gasteiger partial charge in [-0.05, 0) is 23.3 Å². The van der Waals surface area contributed by atoms with Crippen LogP contribution in [0.15, 0.2) is 137 Å². The summed E-state index contributed by atoms with van der Waals surface area (Å²) in [6, 6.07) is 44.6. The molecule has 3 nitrogen and oxygen atoms in total. The molecule has 0 saturated heterocycles. The molecule has 6 aromatic rings. The topological polar surface area (TPSA) is 28.0 Å². The molecule has 38 heavy (non-hydrogen) atoms. The highest BCUT2D eigenvalue weighted by Crippen LogP contribution is 2.41. The van der Waals surface area contributed by atoms with Crippen LogP contribution in [0.4, 0.5) is 0 Å². The van der Waals surface area contributed by atoms with E-state index in [1.54, 1.807) is 0 Å². The molecule has 0 saturated carbocycles. The minimum Gasteiger partial charge on any atom is -0.333 e. The Balaban J connectivity index is 1.47. The van der Waals surface area contributed by atoms with Crippen molar-refractivity contribution in [3.05, 3.63) is 144 Å². The second-order valence-electron chi connectivity index (χ2n) is 9.47. The Kier molecular flexibility index (Phi) is 5.60. The summed E-state index contributed by atoms with van der Waals surface area (Å²) in [5.74, 6) is 1.67. The second-order valence-corrected chi connectivity index (χ2v) is 10.6. The standard InChI is InChI=1S/C34H25N3S/c1-37-33(24-15-6-3-7-16-24)35-32(26-18-9-8-17-25(26)23-13-4-2-5-14-23)36-34(37)28-20-12-22-30-31(28)27-19-10-11-21-29(27)38-30/h2-22,34H,1H3. The normalized spacial score (nSPS) is 15.5. The van der Waals surface area contributed by atoms with Gasteiger partial charge in [0.05, 0.1) is 0 Å². The third-order valence-corrected chi connectivity index (χ3v) is 8.29. The van der Waals surface area contributed by atoms with Crippen LogP contribution in [-0.2, 0) is 0 Å². The summed E-state index contributed by atoms with van der Waals surface area (Å²) in [5.41, 5.74) is 5.59. The highest BCUT2D eigenvalue weighted by Gasteiger charge is 2.29. The lowest BCUT2D eigenvalue weighted by Gasteiger charge is -2.33. The number of thiophene rings is 1. The minimum atomic E-state index is -0.219. The number of fused-ring (bicyclic) bond motifs is 3. The largest absolute Gasteiger partial charge is 0.333 e. The predicted molar refractivity (Wildman–Crippen MR) is 161 cm³/mol. The molecular weight excluding hydrogens is 482 g/mol. The highest BCUT2D eigenvalue weighted by atomic mass is 32.1. The maximum Gasteiger partial charge on any atom is 0.160 e. The minimum absolute atomic E-state index is 0.219. The number of aliphatic imine (C=N–C) groups is 2. The number of rotatable bonds is 4. The molecule has 5 aromatic carbocycles. The third-order valence-electron chi connectivity index (χ3n) is 7.16. The van der Waals surface area contributed by atoms with Crippen LogP contribution in [0.1, 0.15) is 22.9 Å². The van der Waals surface area contributed by atoms with Gasteiger partial charge in [-0.1, -0.05) is 115 Å². The lowest BCUT2D eigenvalue weighted by atomic mass is 9.98.